The maximum absolute atomic E-state index is 12.8. The Morgan fingerprint density at radius 2 is 2.06 bits per heavy atom. The third kappa shape index (κ3) is 2.79. The van der Waals surface area contributed by atoms with E-state index in [2.05, 4.69) is 15.1 Å². The smallest absolute Gasteiger partial charge is 0.347 e. The minimum Gasteiger partial charge on any atom is -0.381 e. The van der Waals surface area contributed by atoms with E-state index in [0.717, 1.165) is 11.8 Å². The minimum atomic E-state index is -0.689. The average Bonchev–Trinajstić information content (AvgIpc) is 2.41. The van der Waals surface area contributed by atoms with Crippen LogP contribution in [0.4, 0.5) is 10.2 Å². The molecule has 1 aromatic heterocycles. The van der Waals surface area contributed by atoms with E-state index in [9.17, 15) is 4.39 Å². The fourth-order valence-electron chi connectivity index (χ4n) is 1.25. The SMILES string of the molecule is C/C(=N\Oc1ncc(F)c(N)n1)c1ccccc1. The molecule has 0 radical (unpaired) electrons. The van der Waals surface area contributed by atoms with Crippen LogP contribution in [0.5, 0.6) is 6.01 Å². The standard InChI is InChI=1S/C12H11FN4O/c1-8(9-5-3-2-4-6-9)17-18-12-15-7-10(13)11(14)16-12/h2-7H,1H3,(H2,14,15,16)/b17-8+. The number of hydrogen-bond acceptors (Lipinski definition) is 5. The second kappa shape index (κ2) is 5.22. The van der Waals surface area contributed by atoms with Crippen LogP contribution in [0, 0.1) is 5.82 Å². The highest BCUT2D eigenvalue weighted by Crippen LogP contribution is 2.10. The molecule has 0 fully saturated rings. The molecule has 1 aromatic carbocycles. The molecule has 0 bridgehead atoms. The summed E-state index contributed by atoms with van der Waals surface area (Å²) in [6, 6.07) is 9.37. The number of nitrogens with zero attached hydrogens (tertiary/aromatic N) is 3. The Hall–Kier alpha value is -2.50. The van der Waals surface area contributed by atoms with E-state index >= 15 is 0 Å². The van der Waals surface area contributed by atoms with E-state index in [1.165, 1.54) is 0 Å². The largest absolute Gasteiger partial charge is 0.381 e. The molecule has 0 atom stereocenters. The van der Waals surface area contributed by atoms with Crippen LogP contribution in [0.3, 0.4) is 0 Å². The number of aromatic nitrogens is 2. The van der Waals surface area contributed by atoms with Crippen LogP contribution >= 0.6 is 0 Å². The molecule has 0 saturated carbocycles. The normalized spacial score (nSPS) is 11.3. The van der Waals surface area contributed by atoms with Crippen molar-refractivity contribution < 1.29 is 9.23 Å². The van der Waals surface area contributed by atoms with Crippen LogP contribution in [-0.4, -0.2) is 15.7 Å². The van der Waals surface area contributed by atoms with Gasteiger partial charge in [0, 0.05) is 0 Å². The topological polar surface area (TPSA) is 73.4 Å². The number of oxime groups is 1. The second-order valence-corrected chi connectivity index (χ2v) is 3.52. The van der Waals surface area contributed by atoms with E-state index in [-0.39, 0.29) is 11.8 Å². The van der Waals surface area contributed by atoms with Gasteiger partial charge in [0.25, 0.3) is 0 Å². The molecule has 0 amide bonds. The predicted molar refractivity (Wildman–Crippen MR) is 65.7 cm³/mol. The van der Waals surface area contributed by atoms with Crippen molar-refractivity contribution in [3.05, 3.63) is 47.9 Å². The first-order valence-electron chi connectivity index (χ1n) is 5.22. The molecular formula is C12H11FN4O. The summed E-state index contributed by atoms with van der Waals surface area (Å²) in [7, 11) is 0. The lowest BCUT2D eigenvalue weighted by Gasteiger charge is -2.01. The zero-order chi connectivity index (χ0) is 13.0. The molecule has 18 heavy (non-hydrogen) atoms. The number of benzene rings is 1. The van der Waals surface area contributed by atoms with Crippen molar-refractivity contribution >= 4 is 11.5 Å². The van der Waals surface area contributed by atoms with Crippen molar-refractivity contribution in [2.75, 3.05) is 5.73 Å². The Morgan fingerprint density at radius 3 is 2.72 bits per heavy atom. The zero-order valence-electron chi connectivity index (χ0n) is 9.67. The molecule has 6 heteroatoms. The van der Waals surface area contributed by atoms with Crippen LogP contribution in [-0.2, 0) is 0 Å². The van der Waals surface area contributed by atoms with Gasteiger partial charge in [-0.2, -0.15) is 9.97 Å². The van der Waals surface area contributed by atoms with Crippen molar-refractivity contribution in [2.24, 2.45) is 5.16 Å². The second-order valence-electron chi connectivity index (χ2n) is 3.52. The van der Waals surface area contributed by atoms with Gasteiger partial charge >= 0.3 is 6.01 Å². The number of nitrogen functional groups attached to an aromatic ring is 1. The third-order valence-corrected chi connectivity index (χ3v) is 2.20. The van der Waals surface area contributed by atoms with Gasteiger partial charge in [-0.3, -0.25) is 0 Å². The minimum absolute atomic E-state index is 0.0934. The molecule has 0 unspecified atom stereocenters. The van der Waals surface area contributed by atoms with E-state index in [1.807, 2.05) is 30.3 Å². The Morgan fingerprint density at radius 1 is 1.33 bits per heavy atom. The lowest BCUT2D eigenvalue weighted by Crippen LogP contribution is -2.02. The van der Waals surface area contributed by atoms with E-state index < -0.39 is 5.82 Å². The molecule has 2 rings (SSSR count). The quantitative estimate of drug-likeness (QED) is 0.664. The van der Waals surface area contributed by atoms with Gasteiger partial charge in [0.15, 0.2) is 11.6 Å². The summed E-state index contributed by atoms with van der Waals surface area (Å²) in [5.74, 6) is -0.960. The summed E-state index contributed by atoms with van der Waals surface area (Å²) in [5.41, 5.74) is 6.85. The number of rotatable bonds is 3. The first-order valence-corrected chi connectivity index (χ1v) is 5.22. The molecule has 0 aliphatic carbocycles. The van der Waals surface area contributed by atoms with Crippen LogP contribution < -0.4 is 10.6 Å². The van der Waals surface area contributed by atoms with Crippen molar-refractivity contribution in [1.29, 1.82) is 0 Å². The van der Waals surface area contributed by atoms with Crippen molar-refractivity contribution in [1.82, 2.24) is 9.97 Å². The van der Waals surface area contributed by atoms with Crippen LogP contribution in [0.15, 0.2) is 41.7 Å². The van der Waals surface area contributed by atoms with Gasteiger partial charge < -0.3 is 10.6 Å². The van der Waals surface area contributed by atoms with Gasteiger partial charge in [-0.25, -0.2) is 4.39 Å². The van der Waals surface area contributed by atoms with Gasteiger partial charge in [-0.05, 0) is 12.5 Å². The average molecular weight is 246 g/mol. The van der Waals surface area contributed by atoms with Crippen molar-refractivity contribution in [3.8, 4) is 6.01 Å². The van der Waals surface area contributed by atoms with E-state index in [4.69, 9.17) is 10.6 Å². The predicted octanol–water partition coefficient (Wildman–Crippen LogP) is 2.00. The van der Waals surface area contributed by atoms with Gasteiger partial charge in [0.2, 0.25) is 0 Å². The molecule has 92 valence electrons. The van der Waals surface area contributed by atoms with Crippen LogP contribution in [0.2, 0.25) is 0 Å². The highest BCUT2D eigenvalue weighted by atomic mass is 19.1. The number of anilines is 1. The summed E-state index contributed by atoms with van der Waals surface area (Å²) < 4.78 is 12.8. The summed E-state index contributed by atoms with van der Waals surface area (Å²) in [4.78, 5) is 12.2. The summed E-state index contributed by atoms with van der Waals surface area (Å²) >= 11 is 0. The molecule has 1 heterocycles. The molecule has 2 aromatic rings. The number of hydrogen-bond donors (Lipinski definition) is 1. The molecule has 0 spiro atoms. The van der Waals surface area contributed by atoms with Crippen molar-refractivity contribution in [3.63, 3.8) is 0 Å². The fraction of sp³-hybridized carbons (Fsp3) is 0.0833. The lowest BCUT2D eigenvalue weighted by atomic mass is 10.1. The summed E-state index contributed by atoms with van der Waals surface area (Å²) in [5, 5.41) is 3.85. The molecule has 0 aliphatic heterocycles. The van der Waals surface area contributed by atoms with Crippen molar-refractivity contribution in [2.45, 2.75) is 6.92 Å². The maximum atomic E-state index is 12.8. The Labute approximate surface area is 103 Å². The highest BCUT2D eigenvalue weighted by Gasteiger charge is 2.04. The summed E-state index contributed by atoms with van der Waals surface area (Å²) in [6.45, 7) is 1.78. The molecule has 5 nitrogen and oxygen atoms in total. The first kappa shape index (κ1) is 12.0. The van der Waals surface area contributed by atoms with Crippen LogP contribution in [0.1, 0.15) is 12.5 Å². The van der Waals surface area contributed by atoms with Gasteiger partial charge in [0.1, 0.15) is 0 Å². The Bertz CT molecular complexity index is 572. The molecular weight excluding hydrogens is 235 g/mol. The number of halogens is 1. The summed E-state index contributed by atoms with van der Waals surface area (Å²) in [6.07, 6.45) is 0.936. The Balaban J connectivity index is 2.13. The highest BCUT2D eigenvalue weighted by molar-refractivity contribution is 5.98. The van der Waals surface area contributed by atoms with Gasteiger partial charge in [0.05, 0.1) is 11.9 Å². The maximum Gasteiger partial charge on any atom is 0.347 e. The fourth-order valence-corrected chi connectivity index (χ4v) is 1.25. The molecule has 2 N–H and O–H groups in total. The monoisotopic (exact) mass is 246 g/mol. The third-order valence-electron chi connectivity index (χ3n) is 2.20. The van der Waals surface area contributed by atoms with Gasteiger partial charge in [-0.1, -0.05) is 35.5 Å². The lowest BCUT2D eigenvalue weighted by molar-refractivity contribution is 0.311. The van der Waals surface area contributed by atoms with Gasteiger partial charge in [-0.15, -0.1) is 0 Å². The zero-order valence-corrected chi connectivity index (χ0v) is 9.67. The van der Waals surface area contributed by atoms with Crippen LogP contribution in [0.25, 0.3) is 0 Å². The molecule has 0 saturated heterocycles. The Kier molecular flexibility index (Phi) is 3.47. The van der Waals surface area contributed by atoms with E-state index in [0.29, 0.717) is 5.71 Å². The van der Waals surface area contributed by atoms with E-state index in [1.54, 1.807) is 6.92 Å². The molecule has 0 aliphatic rings. The number of nitrogens with two attached hydrogens (primary N) is 1. The first-order chi connectivity index (χ1) is 8.66.